The summed E-state index contributed by atoms with van der Waals surface area (Å²) in [5, 5.41) is 20.4. The Labute approximate surface area is 221 Å². The second-order valence-corrected chi connectivity index (χ2v) is 8.82. The lowest BCUT2D eigenvalue weighted by atomic mass is 10.1. The molecule has 1 unspecified atom stereocenters. The van der Waals surface area contributed by atoms with Crippen molar-refractivity contribution >= 4 is 12.0 Å². The Bertz CT molecular complexity index is 1120. The van der Waals surface area contributed by atoms with Crippen LogP contribution in [0.5, 0.6) is 40.2 Å². The number of carbonyl (C=O) groups is 1. The number of hydrogen-bond acceptors (Lipinski definition) is 10. The van der Waals surface area contributed by atoms with Crippen molar-refractivity contribution in [2.75, 3.05) is 73.9 Å². The molecule has 2 N–H and O–H groups in total. The molecule has 0 saturated carbocycles. The maximum absolute atomic E-state index is 12.8. The molecule has 2 aromatic carbocycles. The first-order valence-corrected chi connectivity index (χ1v) is 12.3. The zero-order valence-corrected chi connectivity index (χ0v) is 21.8. The lowest BCUT2D eigenvalue weighted by molar-refractivity contribution is -0.127. The van der Waals surface area contributed by atoms with Crippen LogP contribution in [0.3, 0.4) is 0 Å². The van der Waals surface area contributed by atoms with Crippen molar-refractivity contribution < 1.29 is 43.4 Å². The minimum Gasteiger partial charge on any atom is -0.504 e. The van der Waals surface area contributed by atoms with Gasteiger partial charge in [-0.2, -0.15) is 0 Å². The van der Waals surface area contributed by atoms with E-state index in [2.05, 4.69) is 4.90 Å². The minimum atomic E-state index is -0.744. The molecule has 11 nitrogen and oxygen atoms in total. The van der Waals surface area contributed by atoms with Crippen molar-refractivity contribution in [1.29, 1.82) is 0 Å². The first-order valence-electron chi connectivity index (χ1n) is 12.3. The summed E-state index contributed by atoms with van der Waals surface area (Å²) in [6.45, 7) is 3.51. The molecular weight excluding hydrogens is 496 g/mol. The summed E-state index contributed by atoms with van der Waals surface area (Å²) >= 11 is 0. The van der Waals surface area contributed by atoms with Gasteiger partial charge in [-0.15, -0.1) is 0 Å². The summed E-state index contributed by atoms with van der Waals surface area (Å²) in [7, 11) is 4.63. The predicted molar refractivity (Wildman–Crippen MR) is 139 cm³/mol. The van der Waals surface area contributed by atoms with Gasteiger partial charge in [0, 0.05) is 38.8 Å². The zero-order valence-electron chi connectivity index (χ0n) is 21.8. The van der Waals surface area contributed by atoms with Crippen molar-refractivity contribution in [1.82, 2.24) is 9.80 Å². The van der Waals surface area contributed by atoms with Crippen LogP contribution in [0.15, 0.2) is 30.3 Å². The minimum absolute atomic E-state index is 0.0155. The quantitative estimate of drug-likeness (QED) is 0.440. The van der Waals surface area contributed by atoms with Crippen LogP contribution < -0.4 is 28.4 Å². The Morgan fingerprint density at radius 1 is 0.974 bits per heavy atom. The molecule has 4 rings (SSSR count). The monoisotopic (exact) mass is 530 g/mol. The van der Waals surface area contributed by atoms with Crippen molar-refractivity contribution in [3.05, 3.63) is 35.9 Å². The molecule has 2 heterocycles. The summed E-state index contributed by atoms with van der Waals surface area (Å²) in [6.07, 6.45) is 2.51. The fourth-order valence-electron chi connectivity index (χ4n) is 4.37. The van der Waals surface area contributed by atoms with Crippen LogP contribution in [-0.2, 0) is 4.79 Å². The van der Waals surface area contributed by atoms with Crippen LogP contribution in [0.25, 0.3) is 6.08 Å². The standard InChI is InChI=1S/C27H34N2O9/c1-33-22-14-18(15-23(34-2)26(22)35-3)4-7-24(32)29-10-8-28(9-11-29)16-19(30)17-38-21-6-5-20(31)25-27(21)37-13-12-36-25/h4-7,14-15,19,30-31H,8-13,16-17H2,1-3H3. The summed E-state index contributed by atoms with van der Waals surface area (Å²) in [4.78, 5) is 16.6. The number of fused-ring (bicyclic) bond motifs is 1. The van der Waals surface area contributed by atoms with Crippen LogP contribution in [0.2, 0.25) is 0 Å². The van der Waals surface area contributed by atoms with E-state index in [1.165, 1.54) is 19.3 Å². The molecule has 1 fully saturated rings. The third kappa shape index (κ3) is 6.35. The summed E-state index contributed by atoms with van der Waals surface area (Å²) in [6, 6.07) is 6.62. The van der Waals surface area contributed by atoms with E-state index in [0.29, 0.717) is 74.7 Å². The molecular formula is C27H34N2O9. The highest BCUT2D eigenvalue weighted by Gasteiger charge is 2.24. The topological polar surface area (TPSA) is 119 Å². The van der Waals surface area contributed by atoms with E-state index in [9.17, 15) is 15.0 Å². The molecule has 0 aromatic heterocycles. The van der Waals surface area contributed by atoms with E-state index < -0.39 is 6.10 Å². The first-order chi connectivity index (χ1) is 18.4. The summed E-state index contributed by atoms with van der Waals surface area (Å²) in [5.41, 5.74) is 0.751. The summed E-state index contributed by atoms with van der Waals surface area (Å²) in [5.74, 6) is 2.42. The van der Waals surface area contributed by atoms with Gasteiger partial charge in [-0.05, 0) is 35.9 Å². The smallest absolute Gasteiger partial charge is 0.246 e. The fourth-order valence-corrected chi connectivity index (χ4v) is 4.37. The molecule has 0 spiro atoms. The molecule has 1 saturated heterocycles. The Morgan fingerprint density at radius 2 is 1.63 bits per heavy atom. The maximum Gasteiger partial charge on any atom is 0.246 e. The summed E-state index contributed by atoms with van der Waals surface area (Å²) < 4.78 is 32.8. The third-order valence-corrected chi connectivity index (χ3v) is 6.32. The van der Waals surface area contributed by atoms with Crippen molar-refractivity contribution in [3.8, 4) is 40.2 Å². The van der Waals surface area contributed by atoms with Crippen LogP contribution >= 0.6 is 0 Å². The normalized spacial score (nSPS) is 16.3. The molecule has 206 valence electrons. The molecule has 0 bridgehead atoms. The highest BCUT2D eigenvalue weighted by molar-refractivity contribution is 5.92. The van der Waals surface area contributed by atoms with Gasteiger partial charge in [-0.25, -0.2) is 0 Å². The van der Waals surface area contributed by atoms with E-state index in [1.54, 1.807) is 43.4 Å². The molecule has 2 aromatic rings. The first kappa shape index (κ1) is 27.2. The number of aliphatic hydroxyl groups is 1. The SMILES string of the molecule is COc1cc(C=CC(=O)N2CCN(CC(O)COc3ccc(O)c4c3OCCO4)CC2)cc(OC)c1OC. The Balaban J connectivity index is 1.25. The largest absolute Gasteiger partial charge is 0.504 e. The van der Waals surface area contributed by atoms with Gasteiger partial charge in [0.1, 0.15) is 25.9 Å². The van der Waals surface area contributed by atoms with Crippen LogP contribution in [0.1, 0.15) is 5.56 Å². The van der Waals surface area contributed by atoms with Crippen molar-refractivity contribution in [2.45, 2.75) is 6.10 Å². The number of phenols is 1. The molecule has 38 heavy (non-hydrogen) atoms. The number of nitrogens with zero attached hydrogens (tertiary/aromatic N) is 2. The van der Waals surface area contributed by atoms with Gasteiger partial charge in [0.15, 0.2) is 23.0 Å². The van der Waals surface area contributed by atoms with E-state index in [-0.39, 0.29) is 24.0 Å². The maximum atomic E-state index is 12.8. The van der Waals surface area contributed by atoms with E-state index in [4.69, 9.17) is 28.4 Å². The van der Waals surface area contributed by atoms with E-state index >= 15 is 0 Å². The number of piperazine rings is 1. The molecule has 0 radical (unpaired) electrons. The van der Waals surface area contributed by atoms with Gasteiger partial charge in [-0.1, -0.05) is 0 Å². The molecule has 2 aliphatic heterocycles. The number of benzene rings is 2. The van der Waals surface area contributed by atoms with Crippen LogP contribution in [0.4, 0.5) is 0 Å². The third-order valence-electron chi connectivity index (χ3n) is 6.32. The number of methoxy groups -OCH3 is 3. The van der Waals surface area contributed by atoms with E-state index in [0.717, 1.165) is 5.56 Å². The zero-order chi connectivity index (χ0) is 27.1. The lowest BCUT2D eigenvalue weighted by Crippen LogP contribution is -2.50. The number of hydrogen-bond donors (Lipinski definition) is 2. The molecule has 1 amide bonds. The molecule has 2 aliphatic rings. The number of ether oxygens (including phenoxy) is 6. The van der Waals surface area contributed by atoms with Gasteiger partial charge >= 0.3 is 0 Å². The lowest BCUT2D eigenvalue weighted by Gasteiger charge is -2.35. The molecule has 1 atom stereocenters. The average molecular weight is 531 g/mol. The van der Waals surface area contributed by atoms with Gasteiger partial charge < -0.3 is 43.5 Å². The second kappa shape index (κ2) is 12.6. The van der Waals surface area contributed by atoms with Crippen molar-refractivity contribution in [3.63, 3.8) is 0 Å². The predicted octanol–water partition coefficient (Wildman–Crippen LogP) is 1.79. The van der Waals surface area contributed by atoms with Gasteiger partial charge in [0.05, 0.1) is 21.3 Å². The molecule has 11 heteroatoms. The highest BCUT2D eigenvalue weighted by atomic mass is 16.6. The van der Waals surface area contributed by atoms with Crippen LogP contribution in [-0.4, -0.2) is 106 Å². The van der Waals surface area contributed by atoms with Gasteiger partial charge in [0.2, 0.25) is 23.2 Å². The highest BCUT2D eigenvalue weighted by Crippen LogP contribution is 2.45. The Kier molecular flexibility index (Phi) is 9.03. The molecule has 0 aliphatic carbocycles. The Hall–Kier alpha value is -3.83. The van der Waals surface area contributed by atoms with Gasteiger partial charge in [-0.3, -0.25) is 9.69 Å². The average Bonchev–Trinajstić information content (AvgIpc) is 2.95. The number of carbonyl (C=O) groups excluding carboxylic acids is 1. The second-order valence-electron chi connectivity index (χ2n) is 8.82. The number of amides is 1. The number of phenolic OH excluding ortho intramolecular Hbond substituents is 1. The number of rotatable bonds is 10. The van der Waals surface area contributed by atoms with Gasteiger partial charge in [0.25, 0.3) is 0 Å². The van der Waals surface area contributed by atoms with Crippen molar-refractivity contribution in [2.24, 2.45) is 0 Å². The number of aliphatic hydroxyl groups excluding tert-OH is 1. The number of β-amino-alcohol motifs (C(OH)–C–C–N with tert-alkyl or cyclic N) is 1. The Morgan fingerprint density at radius 3 is 2.26 bits per heavy atom. The fraction of sp³-hybridized carbons (Fsp3) is 0.444. The van der Waals surface area contributed by atoms with E-state index in [1.807, 2.05) is 0 Å². The number of aromatic hydroxyl groups is 1. The van der Waals surface area contributed by atoms with Crippen LogP contribution in [0, 0.1) is 0 Å².